The van der Waals surface area contributed by atoms with Crippen LogP contribution in [0, 0.1) is 17.6 Å². The summed E-state index contributed by atoms with van der Waals surface area (Å²) in [6, 6.07) is 3.40. The summed E-state index contributed by atoms with van der Waals surface area (Å²) < 4.78 is 26.9. The third kappa shape index (κ3) is 3.15. The number of hydrogen-bond donors (Lipinski definition) is 1. The fourth-order valence-electron chi connectivity index (χ4n) is 2.94. The van der Waals surface area contributed by atoms with Gasteiger partial charge in [0.1, 0.15) is 11.6 Å². The normalized spacial score (nSPS) is 21.6. The Labute approximate surface area is 117 Å². The average Bonchev–Trinajstić information content (AvgIpc) is 2.42. The van der Waals surface area contributed by atoms with Crippen molar-refractivity contribution in [2.24, 2.45) is 5.92 Å². The molecule has 110 valence electrons. The van der Waals surface area contributed by atoms with Crippen molar-refractivity contribution >= 4 is 5.97 Å². The van der Waals surface area contributed by atoms with Crippen LogP contribution in [0.25, 0.3) is 0 Å². The third-order valence-corrected chi connectivity index (χ3v) is 3.95. The third-order valence-electron chi connectivity index (χ3n) is 3.95. The predicted molar refractivity (Wildman–Crippen MR) is 71.3 cm³/mol. The van der Waals surface area contributed by atoms with Crippen LogP contribution < -0.4 is 0 Å². The maximum absolute atomic E-state index is 13.9. The van der Waals surface area contributed by atoms with Crippen molar-refractivity contribution in [3.8, 4) is 0 Å². The second-order valence-corrected chi connectivity index (χ2v) is 5.26. The minimum absolute atomic E-state index is 0.197. The molecule has 3 nitrogen and oxygen atoms in total. The summed E-state index contributed by atoms with van der Waals surface area (Å²) in [4.78, 5) is 13.1. The highest BCUT2D eigenvalue weighted by atomic mass is 19.1. The SMILES string of the molecule is CCC(c1ccc(F)cc1F)N1CCCC(C(=O)O)C1. The minimum Gasteiger partial charge on any atom is -0.481 e. The van der Waals surface area contributed by atoms with Crippen LogP contribution >= 0.6 is 0 Å². The lowest BCUT2D eigenvalue weighted by Gasteiger charge is -2.37. The lowest BCUT2D eigenvalue weighted by atomic mass is 9.93. The molecule has 0 aromatic heterocycles. The summed E-state index contributed by atoms with van der Waals surface area (Å²) in [7, 11) is 0. The number of nitrogens with zero attached hydrogens (tertiary/aromatic N) is 1. The van der Waals surface area contributed by atoms with Gasteiger partial charge in [-0.05, 0) is 31.9 Å². The van der Waals surface area contributed by atoms with E-state index in [0.717, 1.165) is 19.0 Å². The standard InChI is InChI=1S/C15H19F2NO2/c1-2-14(12-6-5-11(16)8-13(12)17)18-7-3-4-10(9-18)15(19)20/h5-6,8,10,14H,2-4,7,9H2,1H3,(H,19,20). The van der Waals surface area contributed by atoms with Crippen molar-refractivity contribution in [2.75, 3.05) is 13.1 Å². The van der Waals surface area contributed by atoms with Crippen molar-refractivity contribution in [1.82, 2.24) is 4.90 Å². The highest BCUT2D eigenvalue weighted by molar-refractivity contribution is 5.70. The van der Waals surface area contributed by atoms with Crippen LogP contribution in [0.3, 0.4) is 0 Å². The highest BCUT2D eigenvalue weighted by Crippen LogP contribution is 2.31. The zero-order valence-electron chi connectivity index (χ0n) is 11.5. The molecule has 0 bridgehead atoms. The topological polar surface area (TPSA) is 40.5 Å². The number of carboxylic acids is 1. The Morgan fingerprint density at radius 1 is 1.50 bits per heavy atom. The van der Waals surface area contributed by atoms with Crippen LogP contribution in [0.2, 0.25) is 0 Å². The zero-order valence-corrected chi connectivity index (χ0v) is 11.5. The molecule has 1 fully saturated rings. The van der Waals surface area contributed by atoms with Gasteiger partial charge in [0.15, 0.2) is 0 Å². The predicted octanol–water partition coefficient (Wildman–Crippen LogP) is 3.21. The fourth-order valence-corrected chi connectivity index (χ4v) is 2.94. The Kier molecular flexibility index (Phi) is 4.70. The molecule has 2 unspecified atom stereocenters. The number of carbonyl (C=O) groups is 1. The smallest absolute Gasteiger partial charge is 0.307 e. The lowest BCUT2D eigenvalue weighted by molar-refractivity contribution is -0.144. The molecule has 0 spiro atoms. The molecule has 0 aliphatic carbocycles. The van der Waals surface area contributed by atoms with E-state index in [1.54, 1.807) is 0 Å². The summed E-state index contributed by atoms with van der Waals surface area (Å²) in [6.07, 6.45) is 2.11. The first-order valence-corrected chi connectivity index (χ1v) is 6.94. The molecular weight excluding hydrogens is 264 g/mol. The van der Waals surface area contributed by atoms with E-state index < -0.39 is 23.5 Å². The van der Waals surface area contributed by atoms with Gasteiger partial charge >= 0.3 is 5.97 Å². The second-order valence-electron chi connectivity index (χ2n) is 5.26. The van der Waals surface area contributed by atoms with Crippen LogP contribution in [0.1, 0.15) is 37.8 Å². The molecule has 0 amide bonds. The largest absolute Gasteiger partial charge is 0.481 e. The van der Waals surface area contributed by atoms with Crippen LogP contribution in [-0.4, -0.2) is 29.1 Å². The molecule has 1 saturated heterocycles. The van der Waals surface area contributed by atoms with E-state index in [9.17, 15) is 13.6 Å². The van der Waals surface area contributed by atoms with E-state index in [1.165, 1.54) is 12.1 Å². The number of piperidine rings is 1. The van der Waals surface area contributed by atoms with Crippen LogP contribution in [-0.2, 0) is 4.79 Å². The number of rotatable bonds is 4. The summed E-state index contributed by atoms with van der Waals surface area (Å²) >= 11 is 0. The minimum atomic E-state index is -0.802. The molecule has 1 aliphatic heterocycles. The molecule has 1 aromatic carbocycles. The summed E-state index contributed by atoms with van der Waals surface area (Å²) in [5, 5.41) is 9.12. The molecule has 1 heterocycles. The molecule has 5 heteroatoms. The first-order valence-electron chi connectivity index (χ1n) is 6.94. The first kappa shape index (κ1) is 14.9. The lowest BCUT2D eigenvalue weighted by Crippen LogP contribution is -2.41. The van der Waals surface area contributed by atoms with E-state index in [2.05, 4.69) is 0 Å². The van der Waals surface area contributed by atoms with Gasteiger partial charge in [-0.3, -0.25) is 9.69 Å². The van der Waals surface area contributed by atoms with Crippen molar-refractivity contribution in [2.45, 2.75) is 32.2 Å². The van der Waals surface area contributed by atoms with Gasteiger partial charge < -0.3 is 5.11 Å². The average molecular weight is 283 g/mol. The fraction of sp³-hybridized carbons (Fsp3) is 0.533. The Morgan fingerprint density at radius 2 is 2.25 bits per heavy atom. The summed E-state index contributed by atoms with van der Waals surface area (Å²) in [6.45, 7) is 3.10. The molecule has 2 atom stereocenters. The van der Waals surface area contributed by atoms with Crippen LogP contribution in [0.4, 0.5) is 8.78 Å². The monoisotopic (exact) mass is 283 g/mol. The Bertz CT molecular complexity index is 493. The highest BCUT2D eigenvalue weighted by Gasteiger charge is 2.30. The Hall–Kier alpha value is -1.49. The van der Waals surface area contributed by atoms with Gasteiger partial charge in [-0.2, -0.15) is 0 Å². The number of hydrogen-bond acceptors (Lipinski definition) is 2. The maximum atomic E-state index is 13.9. The first-order chi connectivity index (χ1) is 9.52. The van der Waals surface area contributed by atoms with Gasteiger partial charge in [-0.1, -0.05) is 13.0 Å². The molecule has 20 heavy (non-hydrogen) atoms. The van der Waals surface area contributed by atoms with Gasteiger partial charge in [0, 0.05) is 24.2 Å². The van der Waals surface area contributed by atoms with Gasteiger partial charge in [0.2, 0.25) is 0 Å². The van der Waals surface area contributed by atoms with Gasteiger partial charge in [0.05, 0.1) is 5.92 Å². The van der Waals surface area contributed by atoms with E-state index in [0.29, 0.717) is 24.9 Å². The molecule has 1 aliphatic rings. The Morgan fingerprint density at radius 3 is 2.85 bits per heavy atom. The molecular formula is C15H19F2NO2. The molecule has 0 saturated carbocycles. The number of carboxylic acid groups (broad SMARTS) is 1. The molecule has 1 N–H and O–H groups in total. The number of aliphatic carboxylic acids is 1. The van der Waals surface area contributed by atoms with Crippen molar-refractivity contribution in [3.05, 3.63) is 35.4 Å². The summed E-state index contributed by atoms with van der Waals surface area (Å²) in [5.41, 5.74) is 0.444. The molecule has 1 aromatic rings. The maximum Gasteiger partial charge on any atom is 0.307 e. The number of halogens is 2. The number of likely N-dealkylation sites (tertiary alicyclic amines) is 1. The van der Waals surface area contributed by atoms with Gasteiger partial charge in [-0.25, -0.2) is 8.78 Å². The van der Waals surface area contributed by atoms with E-state index in [4.69, 9.17) is 5.11 Å². The van der Waals surface area contributed by atoms with Gasteiger partial charge in [-0.15, -0.1) is 0 Å². The molecule has 0 radical (unpaired) electrons. The van der Waals surface area contributed by atoms with Crippen molar-refractivity contribution in [1.29, 1.82) is 0 Å². The van der Waals surface area contributed by atoms with Crippen molar-refractivity contribution in [3.63, 3.8) is 0 Å². The zero-order chi connectivity index (χ0) is 14.7. The van der Waals surface area contributed by atoms with E-state index in [-0.39, 0.29) is 6.04 Å². The quantitative estimate of drug-likeness (QED) is 0.922. The Balaban J connectivity index is 2.21. The van der Waals surface area contributed by atoms with E-state index in [1.807, 2.05) is 11.8 Å². The van der Waals surface area contributed by atoms with Crippen LogP contribution in [0.5, 0.6) is 0 Å². The second kappa shape index (κ2) is 6.31. The molecule has 2 rings (SSSR count). The van der Waals surface area contributed by atoms with Crippen LogP contribution in [0.15, 0.2) is 18.2 Å². The summed E-state index contributed by atoms with van der Waals surface area (Å²) in [5.74, 6) is -2.36. The van der Waals surface area contributed by atoms with Crippen molar-refractivity contribution < 1.29 is 18.7 Å². The number of benzene rings is 1. The van der Waals surface area contributed by atoms with Gasteiger partial charge in [0.25, 0.3) is 0 Å². The van der Waals surface area contributed by atoms with E-state index >= 15 is 0 Å².